The van der Waals surface area contributed by atoms with Gasteiger partial charge in [-0.3, -0.25) is 9.67 Å². The molecule has 1 heterocycles. The minimum absolute atomic E-state index is 0.257. The van der Waals surface area contributed by atoms with Gasteiger partial charge in [-0.15, -0.1) is 0 Å². The fraction of sp³-hybridized carbons (Fsp3) is 0.474. The van der Waals surface area contributed by atoms with E-state index in [4.69, 9.17) is 23.2 Å². The number of benzene rings is 1. The molecule has 2 rings (SSSR count). The van der Waals surface area contributed by atoms with Crippen molar-refractivity contribution < 1.29 is 0 Å². The van der Waals surface area contributed by atoms with Gasteiger partial charge in [0.1, 0.15) is 0 Å². The second-order valence-electron chi connectivity index (χ2n) is 7.03. The van der Waals surface area contributed by atoms with Crippen LogP contribution in [0.3, 0.4) is 0 Å². The van der Waals surface area contributed by atoms with Crippen molar-refractivity contribution in [3.05, 3.63) is 50.8 Å². The second-order valence-corrected chi connectivity index (χ2v) is 7.85. The first-order chi connectivity index (χ1) is 12.2. The van der Waals surface area contributed by atoms with E-state index in [1.165, 1.54) is 5.56 Å². The fourth-order valence-electron chi connectivity index (χ4n) is 3.00. The van der Waals surface area contributed by atoms with Crippen LogP contribution in [0.15, 0.2) is 23.2 Å². The highest BCUT2D eigenvalue weighted by Gasteiger charge is 2.26. The summed E-state index contributed by atoms with van der Waals surface area (Å²) in [6.07, 6.45) is 0. The summed E-state index contributed by atoms with van der Waals surface area (Å²) >= 11 is 12.7. The SMILES string of the molecule is CN=C(NCc1c(C)nn(C)c1C)NCC(C)(C)c1c(Cl)cccc1Cl. The molecule has 0 aliphatic carbocycles. The molecule has 0 radical (unpaired) electrons. The van der Waals surface area contributed by atoms with Crippen LogP contribution in [0.1, 0.15) is 36.4 Å². The van der Waals surface area contributed by atoms with Crippen molar-refractivity contribution in [1.29, 1.82) is 0 Å². The average molecular weight is 396 g/mol. The van der Waals surface area contributed by atoms with Crippen LogP contribution in [0.2, 0.25) is 10.0 Å². The van der Waals surface area contributed by atoms with E-state index in [0.717, 1.165) is 22.9 Å². The maximum atomic E-state index is 6.37. The highest BCUT2D eigenvalue weighted by atomic mass is 35.5. The topological polar surface area (TPSA) is 54.2 Å². The molecular weight excluding hydrogens is 369 g/mol. The lowest BCUT2D eigenvalue weighted by atomic mass is 9.84. The predicted octanol–water partition coefficient (Wildman–Crippen LogP) is 3.99. The Morgan fingerprint density at radius 3 is 2.31 bits per heavy atom. The molecule has 0 spiro atoms. The van der Waals surface area contributed by atoms with Crippen LogP contribution in [-0.4, -0.2) is 29.3 Å². The number of nitrogens with zero attached hydrogens (tertiary/aromatic N) is 3. The van der Waals surface area contributed by atoms with E-state index < -0.39 is 0 Å². The first kappa shape index (κ1) is 20.6. The maximum absolute atomic E-state index is 6.37. The number of halogens is 2. The Balaban J connectivity index is 2.04. The monoisotopic (exact) mass is 395 g/mol. The molecule has 1 aromatic heterocycles. The Morgan fingerprint density at radius 2 is 1.81 bits per heavy atom. The smallest absolute Gasteiger partial charge is 0.191 e. The average Bonchev–Trinajstić information content (AvgIpc) is 2.80. The number of hydrogen-bond acceptors (Lipinski definition) is 2. The molecule has 2 aromatic rings. The number of aromatic nitrogens is 2. The van der Waals surface area contributed by atoms with Crippen molar-refractivity contribution >= 4 is 29.2 Å². The fourth-order valence-corrected chi connectivity index (χ4v) is 3.91. The van der Waals surface area contributed by atoms with Crippen molar-refractivity contribution in [2.45, 2.75) is 39.7 Å². The molecule has 0 unspecified atom stereocenters. The minimum atomic E-state index is -0.257. The van der Waals surface area contributed by atoms with Crippen molar-refractivity contribution in [3.8, 4) is 0 Å². The van der Waals surface area contributed by atoms with Gasteiger partial charge in [0.15, 0.2) is 5.96 Å². The van der Waals surface area contributed by atoms with Crippen LogP contribution < -0.4 is 10.6 Å². The molecular formula is C19H27Cl2N5. The van der Waals surface area contributed by atoms with E-state index in [1.54, 1.807) is 7.05 Å². The number of guanidine groups is 1. The lowest BCUT2D eigenvalue weighted by molar-refractivity contribution is 0.509. The number of aryl methyl sites for hydroxylation is 2. The molecule has 26 heavy (non-hydrogen) atoms. The lowest BCUT2D eigenvalue weighted by Crippen LogP contribution is -2.43. The molecule has 0 saturated heterocycles. The van der Waals surface area contributed by atoms with Gasteiger partial charge in [-0.05, 0) is 31.5 Å². The Hall–Kier alpha value is -1.72. The van der Waals surface area contributed by atoms with Crippen LogP contribution in [0.5, 0.6) is 0 Å². The van der Waals surface area contributed by atoms with Crippen LogP contribution in [0.4, 0.5) is 0 Å². The third-order valence-electron chi connectivity index (χ3n) is 4.65. The van der Waals surface area contributed by atoms with Gasteiger partial charge < -0.3 is 10.6 Å². The predicted molar refractivity (Wildman–Crippen MR) is 110 cm³/mol. The van der Waals surface area contributed by atoms with E-state index >= 15 is 0 Å². The summed E-state index contributed by atoms with van der Waals surface area (Å²) in [6, 6.07) is 5.59. The maximum Gasteiger partial charge on any atom is 0.191 e. The number of nitrogens with one attached hydrogen (secondary N) is 2. The minimum Gasteiger partial charge on any atom is -0.356 e. The molecule has 0 bridgehead atoms. The van der Waals surface area contributed by atoms with E-state index in [2.05, 4.69) is 41.5 Å². The van der Waals surface area contributed by atoms with Crippen molar-refractivity contribution in [3.63, 3.8) is 0 Å². The Labute approximate surface area is 165 Å². The van der Waals surface area contributed by atoms with Gasteiger partial charge in [0.25, 0.3) is 0 Å². The molecule has 7 heteroatoms. The molecule has 1 aromatic carbocycles. The van der Waals surface area contributed by atoms with E-state index in [-0.39, 0.29) is 5.41 Å². The highest BCUT2D eigenvalue weighted by Crippen LogP contribution is 2.35. The van der Waals surface area contributed by atoms with E-state index in [0.29, 0.717) is 23.1 Å². The van der Waals surface area contributed by atoms with Crippen molar-refractivity contribution in [2.24, 2.45) is 12.0 Å². The van der Waals surface area contributed by atoms with Gasteiger partial charge in [0.05, 0.1) is 5.69 Å². The quantitative estimate of drug-likeness (QED) is 0.594. The van der Waals surface area contributed by atoms with E-state index in [1.807, 2.05) is 36.9 Å². The second kappa shape index (κ2) is 8.31. The van der Waals surface area contributed by atoms with Crippen LogP contribution in [-0.2, 0) is 19.0 Å². The van der Waals surface area contributed by atoms with Crippen LogP contribution >= 0.6 is 23.2 Å². The molecule has 0 amide bonds. The summed E-state index contributed by atoms with van der Waals surface area (Å²) in [5, 5.41) is 12.5. The van der Waals surface area contributed by atoms with Crippen LogP contribution in [0, 0.1) is 13.8 Å². The number of hydrogen-bond donors (Lipinski definition) is 2. The molecule has 0 aliphatic rings. The Morgan fingerprint density at radius 1 is 1.19 bits per heavy atom. The lowest BCUT2D eigenvalue weighted by Gasteiger charge is -2.28. The van der Waals surface area contributed by atoms with E-state index in [9.17, 15) is 0 Å². The van der Waals surface area contributed by atoms with Gasteiger partial charge in [0, 0.05) is 53.9 Å². The van der Waals surface area contributed by atoms with Gasteiger partial charge in [-0.25, -0.2) is 0 Å². The molecule has 0 atom stereocenters. The summed E-state index contributed by atoms with van der Waals surface area (Å²) < 4.78 is 1.89. The molecule has 0 aliphatic heterocycles. The summed E-state index contributed by atoms with van der Waals surface area (Å²) in [5.41, 5.74) is 4.03. The normalized spacial score (nSPS) is 12.4. The largest absolute Gasteiger partial charge is 0.356 e. The third kappa shape index (κ3) is 4.51. The third-order valence-corrected chi connectivity index (χ3v) is 5.28. The van der Waals surface area contributed by atoms with Gasteiger partial charge in [0.2, 0.25) is 0 Å². The van der Waals surface area contributed by atoms with Gasteiger partial charge >= 0.3 is 0 Å². The Kier molecular flexibility index (Phi) is 6.58. The number of rotatable bonds is 5. The summed E-state index contributed by atoms with van der Waals surface area (Å²) in [4.78, 5) is 4.31. The summed E-state index contributed by atoms with van der Waals surface area (Å²) in [7, 11) is 3.71. The molecule has 0 fully saturated rings. The van der Waals surface area contributed by atoms with Gasteiger partial charge in [-0.2, -0.15) is 5.10 Å². The zero-order valence-corrected chi connectivity index (χ0v) is 17.8. The molecule has 142 valence electrons. The summed E-state index contributed by atoms with van der Waals surface area (Å²) in [5.74, 6) is 0.726. The van der Waals surface area contributed by atoms with Crippen molar-refractivity contribution in [1.82, 2.24) is 20.4 Å². The first-order valence-corrected chi connectivity index (χ1v) is 9.31. The standard InChI is InChI=1S/C19H27Cl2N5/c1-12-14(13(2)26(6)25-12)10-23-18(22-5)24-11-19(3,4)17-15(20)8-7-9-16(17)21/h7-9H,10-11H2,1-6H3,(H2,22,23,24). The Bertz CT molecular complexity index is 788. The molecule has 0 saturated carbocycles. The zero-order chi connectivity index (χ0) is 19.5. The zero-order valence-electron chi connectivity index (χ0n) is 16.2. The molecule has 2 N–H and O–H groups in total. The summed E-state index contributed by atoms with van der Waals surface area (Å²) in [6.45, 7) is 9.60. The first-order valence-electron chi connectivity index (χ1n) is 8.55. The number of aliphatic imine (C=N–C) groups is 1. The van der Waals surface area contributed by atoms with Gasteiger partial charge in [-0.1, -0.05) is 43.1 Å². The molecule has 5 nitrogen and oxygen atoms in total. The highest BCUT2D eigenvalue weighted by molar-refractivity contribution is 6.36. The van der Waals surface area contributed by atoms with Crippen LogP contribution in [0.25, 0.3) is 0 Å². The van der Waals surface area contributed by atoms with Crippen molar-refractivity contribution in [2.75, 3.05) is 13.6 Å².